The van der Waals surface area contributed by atoms with Crippen LogP contribution in [0.4, 0.5) is 21.9 Å². The minimum Gasteiger partial charge on any atom is -0.355 e. The van der Waals surface area contributed by atoms with Crippen LogP contribution in [0, 0.1) is 17.0 Å². The first-order valence-electron chi connectivity index (χ1n) is 9.56. The molecule has 2 aromatic carbocycles. The van der Waals surface area contributed by atoms with Gasteiger partial charge in [-0.3, -0.25) is 10.1 Å². The fraction of sp³-hybridized carbons (Fsp3) is 0.350. The maximum Gasteiger partial charge on any atom is 0.319 e. The third-order valence-electron chi connectivity index (χ3n) is 5.01. The number of nitro groups is 1. The monoisotopic (exact) mass is 418 g/mol. The highest BCUT2D eigenvalue weighted by atomic mass is 35.5. The average Bonchev–Trinajstić information content (AvgIpc) is 2.70. The molecule has 1 heterocycles. The first kappa shape index (κ1) is 20.9. The van der Waals surface area contributed by atoms with Crippen LogP contribution in [0.25, 0.3) is 0 Å². The number of hydrogen-bond donors (Lipinski definition) is 3. The highest BCUT2D eigenvalue weighted by Gasteiger charge is 2.25. The van der Waals surface area contributed by atoms with Gasteiger partial charge in [0, 0.05) is 16.8 Å². The lowest BCUT2D eigenvalue weighted by Gasteiger charge is -2.33. The molecule has 1 aliphatic rings. The summed E-state index contributed by atoms with van der Waals surface area (Å²) in [4.78, 5) is 26.4. The van der Waals surface area contributed by atoms with Gasteiger partial charge in [-0.05, 0) is 42.8 Å². The minimum atomic E-state index is -0.322. The fourth-order valence-electron chi connectivity index (χ4n) is 3.42. The molecule has 154 valence electrons. The van der Waals surface area contributed by atoms with E-state index in [4.69, 9.17) is 11.6 Å². The fourth-order valence-corrected chi connectivity index (χ4v) is 3.54. The van der Waals surface area contributed by atoms with Gasteiger partial charge in [-0.2, -0.15) is 0 Å². The lowest BCUT2D eigenvalue weighted by atomic mass is 10.1. The highest BCUT2D eigenvalue weighted by Crippen LogP contribution is 2.29. The van der Waals surface area contributed by atoms with E-state index in [1.807, 2.05) is 13.0 Å². The van der Waals surface area contributed by atoms with E-state index in [1.54, 1.807) is 36.4 Å². The Morgan fingerprint density at radius 1 is 1.21 bits per heavy atom. The molecule has 9 heteroatoms. The second-order valence-corrected chi connectivity index (χ2v) is 7.56. The molecule has 0 bridgehead atoms. The normalized spacial score (nSPS) is 14.5. The van der Waals surface area contributed by atoms with Gasteiger partial charge in [0.15, 0.2) is 0 Å². The Hall–Kier alpha value is -2.84. The lowest BCUT2D eigenvalue weighted by molar-refractivity contribution is -0.899. The molecule has 0 radical (unpaired) electrons. The number of urea groups is 1. The first-order valence-corrected chi connectivity index (χ1v) is 9.94. The standard InChI is InChI=1S/C20H24ClN5O3/c1-15-2-7-18(26(28)29)19(14-15)25-12-10-24(11-13-25)9-8-22-20(27)23-17-5-3-16(21)4-6-17/h2-7,14H,8-13H2,1H3,(H2,22,23,27)/p+1. The molecular formula is C20H25ClN5O3+. The number of piperazine rings is 1. The molecule has 29 heavy (non-hydrogen) atoms. The minimum absolute atomic E-state index is 0.152. The number of amides is 2. The van der Waals surface area contributed by atoms with Gasteiger partial charge in [0.2, 0.25) is 0 Å². The Kier molecular flexibility index (Phi) is 6.90. The van der Waals surface area contributed by atoms with E-state index in [-0.39, 0.29) is 16.6 Å². The molecule has 3 rings (SSSR count). The third kappa shape index (κ3) is 5.82. The number of halogens is 1. The Bertz CT molecular complexity index is 867. The number of rotatable bonds is 6. The molecule has 0 saturated carbocycles. The van der Waals surface area contributed by atoms with Crippen molar-refractivity contribution in [2.45, 2.75) is 6.92 Å². The van der Waals surface area contributed by atoms with Gasteiger partial charge in [0.25, 0.3) is 5.69 Å². The molecule has 0 spiro atoms. The summed E-state index contributed by atoms with van der Waals surface area (Å²) in [5, 5.41) is 17.6. The Balaban J connectivity index is 1.43. The van der Waals surface area contributed by atoms with Crippen LogP contribution < -0.4 is 20.4 Å². The molecule has 1 fully saturated rings. The summed E-state index contributed by atoms with van der Waals surface area (Å²) in [5.41, 5.74) is 2.54. The van der Waals surface area contributed by atoms with Gasteiger partial charge in [0.1, 0.15) is 5.69 Å². The first-order chi connectivity index (χ1) is 13.9. The summed E-state index contributed by atoms with van der Waals surface area (Å²) < 4.78 is 0. The SMILES string of the molecule is Cc1ccc([N+](=O)[O-])c(N2CC[NH+](CCNC(=O)Nc3ccc(Cl)cc3)CC2)c1. The van der Waals surface area contributed by atoms with Gasteiger partial charge in [-0.1, -0.05) is 17.7 Å². The molecule has 2 amide bonds. The van der Waals surface area contributed by atoms with Gasteiger partial charge in [-0.25, -0.2) is 4.79 Å². The van der Waals surface area contributed by atoms with Gasteiger partial charge in [0.05, 0.1) is 44.2 Å². The van der Waals surface area contributed by atoms with E-state index >= 15 is 0 Å². The van der Waals surface area contributed by atoms with Crippen molar-refractivity contribution < 1.29 is 14.6 Å². The molecule has 0 atom stereocenters. The van der Waals surface area contributed by atoms with E-state index in [2.05, 4.69) is 15.5 Å². The molecule has 0 aromatic heterocycles. The zero-order chi connectivity index (χ0) is 20.8. The summed E-state index contributed by atoms with van der Waals surface area (Å²) in [6, 6.07) is 11.9. The number of benzene rings is 2. The Morgan fingerprint density at radius 3 is 2.55 bits per heavy atom. The lowest BCUT2D eigenvalue weighted by Crippen LogP contribution is -3.15. The van der Waals surface area contributed by atoms with Crippen molar-refractivity contribution in [3.8, 4) is 0 Å². The second-order valence-electron chi connectivity index (χ2n) is 7.12. The number of aryl methyl sites for hydroxylation is 1. The van der Waals surface area contributed by atoms with Crippen LogP contribution in [0.1, 0.15) is 5.56 Å². The molecule has 2 aromatic rings. The topological polar surface area (TPSA) is 92.0 Å². The van der Waals surface area contributed by atoms with Crippen molar-refractivity contribution >= 4 is 34.7 Å². The quantitative estimate of drug-likeness (QED) is 0.494. The summed E-state index contributed by atoms with van der Waals surface area (Å²) in [6.07, 6.45) is 0. The van der Waals surface area contributed by atoms with E-state index in [1.165, 1.54) is 4.90 Å². The number of hydrogen-bond acceptors (Lipinski definition) is 4. The molecule has 0 unspecified atom stereocenters. The Morgan fingerprint density at radius 2 is 1.90 bits per heavy atom. The average molecular weight is 419 g/mol. The van der Waals surface area contributed by atoms with Crippen LogP contribution in [0.3, 0.4) is 0 Å². The zero-order valence-electron chi connectivity index (χ0n) is 16.3. The number of nitrogens with zero attached hydrogens (tertiary/aromatic N) is 2. The van der Waals surface area contributed by atoms with Crippen LogP contribution in [-0.2, 0) is 0 Å². The largest absolute Gasteiger partial charge is 0.355 e. The van der Waals surface area contributed by atoms with Crippen molar-refractivity contribution in [2.75, 3.05) is 49.5 Å². The van der Waals surface area contributed by atoms with E-state index in [0.29, 0.717) is 22.9 Å². The van der Waals surface area contributed by atoms with E-state index < -0.39 is 0 Å². The predicted molar refractivity (Wildman–Crippen MR) is 114 cm³/mol. The predicted octanol–water partition coefficient (Wildman–Crippen LogP) is 2.08. The van der Waals surface area contributed by atoms with Gasteiger partial charge in [-0.15, -0.1) is 0 Å². The number of nitro benzene ring substituents is 1. The summed E-state index contributed by atoms with van der Waals surface area (Å²) in [5.74, 6) is 0. The molecule has 3 N–H and O–H groups in total. The zero-order valence-corrected chi connectivity index (χ0v) is 17.0. The second kappa shape index (κ2) is 9.58. The number of carbonyl (C=O) groups excluding carboxylic acids is 1. The van der Waals surface area contributed by atoms with Crippen LogP contribution in [0.5, 0.6) is 0 Å². The maximum absolute atomic E-state index is 12.0. The van der Waals surface area contributed by atoms with Crippen molar-refractivity contribution in [1.82, 2.24) is 5.32 Å². The van der Waals surface area contributed by atoms with Crippen LogP contribution in [0.15, 0.2) is 42.5 Å². The van der Waals surface area contributed by atoms with Crippen molar-refractivity contribution in [3.63, 3.8) is 0 Å². The van der Waals surface area contributed by atoms with Crippen LogP contribution in [0.2, 0.25) is 5.02 Å². The Labute approximate surface area is 174 Å². The molecule has 1 aliphatic heterocycles. The summed E-state index contributed by atoms with van der Waals surface area (Å²) in [7, 11) is 0. The van der Waals surface area contributed by atoms with E-state index in [9.17, 15) is 14.9 Å². The smallest absolute Gasteiger partial charge is 0.319 e. The maximum atomic E-state index is 12.0. The third-order valence-corrected chi connectivity index (χ3v) is 5.26. The van der Waals surface area contributed by atoms with Crippen LogP contribution in [-0.4, -0.2) is 50.2 Å². The van der Waals surface area contributed by atoms with Crippen LogP contribution >= 0.6 is 11.6 Å². The van der Waals surface area contributed by atoms with Crippen molar-refractivity contribution in [1.29, 1.82) is 0 Å². The summed E-state index contributed by atoms with van der Waals surface area (Å²) >= 11 is 5.83. The highest BCUT2D eigenvalue weighted by molar-refractivity contribution is 6.30. The molecule has 0 aliphatic carbocycles. The van der Waals surface area contributed by atoms with Crippen molar-refractivity contribution in [3.05, 3.63) is 63.2 Å². The molecule has 1 saturated heterocycles. The number of quaternary nitrogens is 1. The number of anilines is 2. The van der Waals surface area contributed by atoms with Gasteiger partial charge >= 0.3 is 6.03 Å². The summed E-state index contributed by atoms with van der Waals surface area (Å²) in [6.45, 7) is 6.52. The number of nitrogens with one attached hydrogen (secondary N) is 3. The van der Waals surface area contributed by atoms with E-state index in [0.717, 1.165) is 38.3 Å². The van der Waals surface area contributed by atoms with Crippen molar-refractivity contribution in [2.24, 2.45) is 0 Å². The molecular weight excluding hydrogens is 394 g/mol. The van der Waals surface area contributed by atoms with Gasteiger partial charge < -0.3 is 20.4 Å². The molecule has 8 nitrogen and oxygen atoms in total. The number of carbonyl (C=O) groups is 1.